The Balaban J connectivity index is 0.000000739. The van der Waals surface area contributed by atoms with E-state index < -0.39 is 0 Å². The lowest BCUT2D eigenvalue weighted by molar-refractivity contribution is 0.154. The number of pyridine rings is 1. The maximum Gasteiger partial charge on any atom is 0.161 e. The van der Waals surface area contributed by atoms with E-state index in [9.17, 15) is 0 Å². The minimum Gasteiger partial charge on any atom is -0.374 e. The van der Waals surface area contributed by atoms with Gasteiger partial charge in [0, 0.05) is 11.9 Å². The van der Waals surface area contributed by atoms with Gasteiger partial charge in [-0.15, -0.1) is 0 Å². The highest BCUT2D eigenvalue weighted by Crippen LogP contribution is 2.56. The molecule has 3 nitrogen and oxygen atoms in total. The molecule has 0 bridgehead atoms. The third kappa shape index (κ3) is 4.51. The highest BCUT2D eigenvalue weighted by atomic mass is 15.1. The van der Waals surface area contributed by atoms with Gasteiger partial charge in [-0.3, -0.25) is 0 Å². The van der Waals surface area contributed by atoms with Crippen LogP contribution in [0.1, 0.15) is 97.8 Å². The number of rotatable bonds is 1. The van der Waals surface area contributed by atoms with Crippen LogP contribution in [0.15, 0.2) is 42.6 Å². The molecule has 0 spiro atoms. The lowest BCUT2D eigenvalue weighted by Crippen LogP contribution is -2.48. The van der Waals surface area contributed by atoms with E-state index in [0.29, 0.717) is 0 Å². The summed E-state index contributed by atoms with van der Waals surface area (Å²) in [5, 5.41) is 3.86. The number of anilines is 1. The fraction of sp³-hybridized carbons (Fsp3) is 0.536. The van der Waals surface area contributed by atoms with Gasteiger partial charge in [-0.2, -0.15) is 0 Å². The Morgan fingerprint density at radius 1 is 0.839 bits per heavy atom. The highest BCUT2D eigenvalue weighted by Gasteiger charge is 2.49. The van der Waals surface area contributed by atoms with Crippen molar-refractivity contribution in [2.45, 2.75) is 94.5 Å². The van der Waals surface area contributed by atoms with E-state index in [1.54, 1.807) is 0 Å². The van der Waals surface area contributed by atoms with Crippen LogP contribution in [0, 0.1) is 19.3 Å². The molecule has 172 valence electrons. The van der Waals surface area contributed by atoms with Crippen LogP contribution < -0.4 is 5.32 Å². The Kier molecular flexibility index (Phi) is 9.35. The zero-order chi connectivity index (χ0) is 24.0. The smallest absolute Gasteiger partial charge is 0.161 e. The van der Waals surface area contributed by atoms with E-state index in [-0.39, 0.29) is 16.9 Å². The summed E-state index contributed by atoms with van der Waals surface area (Å²) in [6, 6.07) is 13.3. The molecule has 1 N–H and O–H groups in total. The lowest BCUT2D eigenvalue weighted by atomic mass is 9.57. The second-order valence-corrected chi connectivity index (χ2v) is 8.42. The number of nitrogens with one attached hydrogen (secondary N) is 1. The third-order valence-electron chi connectivity index (χ3n) is 6.70. The molecule has 1 aliphatic rings. The minimum atomic E-state index is 0.0175. The van der Waals surface area contributed by atoms with E-state index in [2.05, 4.69) is 93.9 Å². The van der Waals surface area contributed by atoms with Crippen molar-refractivity contribution in [3.05, 3.63) is 65.1 Å². The first-order chi connectivity index (χ1) is 14.7. The van der Waals surface area contributed by atoms with Gasteiger partial charge in [-0.25, -0.2) is 4.98 Å². The summed E-state index contributed by atoms with van der Waals surface area (Å²) < 4.78 is 2.21. The predicted octanol–water partition coefficient (Wildman–Crippen LogP) is 8.50. The van der Waals surface area contributed by atoms with E-state index in [1.165, 1.54) is 22.5 Å². The molecule has 0 fully saturated rings. The van der Waals surface area contributed by atoms with Gasteiger partial charge in [0.15, 0.2) is 5.65 Å². The molecule has 1 aliphatic heterocycles. The SMILES string of the molecule is CC.CC.CC.Cc1nc2c3c(ccn2c1C)C(C)(C)C(C)(C)C(c1ccccc1)N3. The van der Waals surface area contributed by atoms with Crippen molar-refractivity contribution >= 4 is 11.3 Å². The van der Waals surface area contributed by atoms with Gasteiger partial charge < -0.3 is 9.72 Å². The molecule has 1 atom stereocenters. The zero-order valence-corrected chi connectivity index (χ0v) is 22.0. The summed E-state index contributed by atoms with van der Waals surface area (Å²) in [6.45, 7) is 25.7. The number of aromatic nitrogens is 2. The predicted molar refractivity (Wildman–Crippen MR) is 138 cm³/mol. The molecule has 0 aliphatic carbocycles. The monoisotopic (exact) mass is 423 g/mol. The van der Waals surface area contributed by atoms with Crippen molar-refractivity contribution in [3.8, 4) is 0 Å². The maximum atomic E-state index is 4.87. The topological polar surface area (TPSA) is 29.3 Å². The summed E-state index contributed by atoms with van der Waals surface area (Å²) >= 11 is 0. The first kappa shape index (κ1) is 26.7. The second kappa shape index (κ2) is 10.8. The molecule has 0 radical (unpaired) electrons. The first-order valence-corrected chi connectivity index (χ1v) is 12.1. The standard InChI is InChI=1S/C22H27N3.3C2H6/c1-14-15(2)25-13-12-17-18(20(25)23-14)24-19(16-10-8-7-9-11-16)22(5,6)21(17,3)4;3*1-2/h7-13,19,24H,1-6H3;3*1-2H3. The maximum absolute atomic E-state index is 4.87. The molecule has 31 heavy (non-hydrogen) atoms. The number of hydrogen-bond acceptors (Lipinski definition) is 2. The molecule has 0 saturated heterocycles. The fourth-order valence-corrected chi connectivity index (χ4v) is 4.18. The van der Waals surface area contributed by atoms with Gasteiger partial charge in [0.1, 0.15) is 0 Å². The molecular formula is C28H45N3. The Morgan fingerprint density at radius 3 is 1.94 bits per heavy atom. The number of hydrogen-bond donors (Lipinski definition) is 1. The third-order valence-corrected chi connectivity index (χ3v) is 6.70. The van der Waals surface area contributed by atoms with Crippen LogP contribution in [0.4, 0.5) is 5.69 Å². The first-order valence-electron chi connectivity index (χ1n) is 12.1. The van der Waals surface area contributed by atoms with Crippen molar-refractivity contribution in [3.63, 3.8) is 0 Å². The van der Waals surface area contributed by atoms with Crippen molar-refractivity contribution in [2.75, 3.05) is 5.32 Å². The number of fused-ring (bicyclic) bond motifs is 3. The van der Waals surface area contributed by atoms with Crippen LogP contribution in [0.25, 0.3) is 5.65 Å². The molecule has 3 heteroatoms. The molecule has 1 unspecified atom stereocenters. The Labute approximate surface area is 191 Å². The average Bonchev–Trinajstić information content (AvgIpc) is 3.09. The summed E-state index contributed by atoms with van der Waals surface area (Å²) in [7, 11) is 0. The van der Waals surface area contributed by atoms with Crippen LogP contribution >= 0.6 is 0 Å². The van der Waals surface area contributed by atoms with E-state index >= 15 is 0 Å². The Bertz CT molecular complexity index is 949. The summed E-state index contributed by atoms with van der Waals surface area (Å²) in [5.41, 5.74) is 7.26. The van der Waals surface area contributed by atoms with Gasteiger partial charge in [0.05, 0.1) is 17.4 Å². The van der Waals surface area contributed by atoms with E-state index in [4.69, 9.17) is 4.98 Å². The number of benzene rings is 1. The van der Waals surface area contributed by atoms with Crippen molar-refractivity contribution in [1.29, 1.82) is 0 Å². The van der Waals surface area contributed by atoms with E-state index in [1.807, 2.05) is 41.5 Å². The molecule has 0 amide bonds. The van der Waals surface area contributed by atoms with E-state index in [0.717, 1.165) is 11.3 Å². The van der Waals surface area contributed by atoms with Crippen LogP contribution in [0.2, 0.25) is 0 Å². The second-order valence-electron chi connectivity index (χ2n) is 8.42. The van der Waals surface area contributed by atoms with Gasteiger partial charge in [-0.05, 0) is 41.9 Å². The fourth-order valence-electron chi connectivity index (χ4n) is 4.18. The highest BCUT2D eigenvalue weighted by molar-refractivity contribution is 5.76. The molecule has 0 saturated carbocycles. The largest absolute Gasteiger partial charge is 0.374 e. The molecule has 3 aromatic rings. The van der Waals surface area contributed by atoms with Crippen LogP contribution in [0.5, 0.6) is 0 Å². The van der Waals surface area contributed by atoms with Crippen LogP contribution in [-0.2, 0) is 5.41 Å². The Hall–Kier alpha value is -2.29. The minimum absolute atomic E-state index is 0.0175. The van der Waals surface area contributed by atoms with Crippen molar-refractivity contribution in [1.82, 2.24) is 9.38 Å². The van der Waals surface area contributed by atoms with Gasteiger partial charge >= 0.3 is 0 Å². The van der Waals surface area contributed by atoms with Crippen LogP contribution in [-0.4, -0.2) is 9.38 Å². The molecule has 3 heterocycles. The summed E-state index contributed by atoms with van der Waals surface area (Å²) in [6.07, 6.45) is 2.17. The van der Waals surface area contributed by atoms with Crippen molar-refractivity contribution < 1.29 is 0 Å². The number of imidazole rings is 1. The quantitative estimate of drug-likeness (QED) is 0.425. The van der Waals surface area contributed by atoms with Gasteiger partial charge in [0.25, 0.3) is 0 Å². The molecular weight excluding hydrogens is 378 g/mol. The number of aryl methyl sites for hydroxylation is 2. The normalized spacial score (nSPS) is 17.5. The lowest BCUT2D eigenvalue weighted by Gasteiger charge is -2.52. The summed E-state index contributed by atoms with van der Waals surface area (Å²) in [5.74, 6) is 0. The van der Waals surface area contributed by atoms with Crippen molar-refractivity contribution in [2.24, 2.45) is 5.41 Å². The van der Waals surface area contributed by atoms with Gasteiger partial charge in [-0.1, -0.05) is 99.6 Å². The average molecular weight is 424 g/mol. The number of nitrogens with zero attached hydrogens (tertiary/aromatic N) is 2. The van der Waals surface area contributed by atoms with Gasteiger partial charge in [0.2, 0.25) is 0 Å². The van der Waals surface area contributed by atoms with Crippen LogP contribution in [0.3, 0.4) is 0 Å². The molecule has 2 aromatic heterocycles. The zero-order valence-electron chi connectivity index (χ0n) is 22.0. The molecule has 4 rings (SSSR count). The Morgan fingerprint density at radius 2 is 1.39 bits per heavy atom. The summed E-state index contributed by atoms with van der Waals surface area (Å²) in [4.78, 5) is 4.87. The molecule has 1 aromatic carbocycles.